The molecule has 0 radical (unpaired) electrons. The Kier molecular flexibility index (Phi) is 6.90. The van der Waals surface area contributed by atoms with E-state index in [1.54, 1.807) is 0 Å². The highest BCUT2D eigenvalue weighted by atomic mass is 16.2. The SMILES string of the molecule is Cc1cc(C)c(CC(N)C(=O)NC2CCNc3ccc(CC4Cc5ccccc5C4C)cc32)c(C)c1. The van der Waals surface area contributed by atoms with E-state index in [2.05, 4.69) is 92.9 Å². The first-order valence-corrected chi connectivity index (χ1v) is 13.4. The Bertz CT molecular complexity index is 1260. The van der Waals surface area contributed by atoms with Crippen LogP contribution in [0.2, 0.25) is 0 Å². The van der Waals surface area contributed by atoms with Crippen LogP contribution in [0.25, 0.3) is 0 Å². The lowest BCUT2D eigenvalue weighted by atomic mass is 9.87. The lowest BCUT2D eigenvalue weighted by Crippen LogP contribution is -2.44. The molecule has 4 nitrogen and oxygen atoms in total. The normalized spacial score (nSPS) is 21.3. The molecule has 3 aromatic carbocycles. The first-order chi connectivity index (χ1) is 17.3. The van der Waals surface area contributed by atoms with E-state index in [9.17, 15) is 4.79 Å². The second-order valence-corrected chi connectivity index (χ2v) is 11.0. The van der Waals surface area contributed by atoms with Gasteiger partial charge in [0.15, 0.2) is 0 Å². The highest BCUT2D eigenvalue weighted by molar-refractivity contribution is 5.82. The van der Waals surface area contributed by atoms with Crippen LogP contribution in [-0.4, -0.2) is 18.5 Å². The Labute approximate surface area is 215 Å². The standard InChI is InChI=1S/C32H39N3O/c1-19-13-20(2)27(21(3)14-19)18-29(33)32(36)35-31-11-12-34-30-10-9-23(16-28(30)31)15-25-17-24-7-5-6-8-26(24)22(25)4/h5-10,13-14,16,22,25,29,31,34H,11-12,15,17-18,33H2,1-4H3,(H,35,36). The smallest absolute Gasteiger partial charge is 0.237 e. The van der Waals surface area contributed by atoms with E-state index < -0.39 is 6.04 Å². The van der Waals surface area contributed by atoms with Gasteiger partial charge in [0.05, 0.1) is 12.1 Å². The number of nitrogens with one attached hydrogen (secondary N) is 2. The van der Waals surface area contributed by atoms with Crippen molar-refractivity contribution in [3.8, 4) is 0 Å². The maximum absolute atomic E-state index is 13.2. The molecule has 4 atom stereocenters. The summed E-state index contributed by atoms with van der Waals surface area (Å²) < 4.78 is 0. The van der Waals surface area contributed by atoms with Crippen LogP contribution >= 0.6 is 0 Å². The Hall–Kier alpha value is -3.11. The van der Waals surface area contributed by atoms with Gasteiger partial charge in [0.2, 0.25) is 5.91 Å². The second-order valence-electron chi connectivity index (χ2n) is 11.0. The summed E-state index contributed by atoms with van der Waals surface area (Å²) in [5.74, 6) is 1.11. The van der Waals surface area contributed by atoms with Gasteiger partial charge in [0, 0.05) is 12.2 Å². The summed E-state index contributed by atoms with van der Waals surface area (Å²) in [7, 11) is 0. The monoisotopic (exact) mass is 481 g/mol. The van der Waals surface area contributed by atoms with Gasteiger partial charge in [-0.2, -0.15) is 0 Å². The lowest BCUT2D eigenvalue weighted by Gasteiger charge is -2.29. The Balaban J connectivity index is 1.28. The van der Waals surface area contributed by atoms with Gasteiger partial charge in [-0.15, -0.1) is 0 Å². The van der Waals surface area contributed by atoms with Crippen molar-refractivity contribution < 1.29 is 4.79 Å². The molecule has 4 N–H and O–H groups in total. The molecule has 1 heterocycles. The van der Waals surface area contributed by atoms with E-state index in [-0.39, 0.29) is 11.9 Å². The highest BCUT2D eigenvalue weighted by Gasteiger charge is 2.30. The molecule has 3 aromatic rings. The third-order valence-electron chi connectivity index (χ3n) is 8.39. The third kappa shape index (κ3) is 4.92. The van der Waals surface area contributed by atoms with Crippen LogP contribution in [0.1, 0.15) is 69.8 Å². The van der Waals surface area contributed by atoms with Gasteiger partial charge >= 0.3 is 0 Å². The molecular formula is C32H39N3O. The van der Waals surface area contributed by atoms with E-state index >= 15 is 0 Å². The van der Waals surface area contributed by atoms with E-state index in [0.29, 0.717) is 18.3 Å². The number of aryl methyl sites for hydroxylation is 3. The molecule has 0 saturated heterocycles. The number of carbonyl (C=O) groups is 1. The maximum atomic E-state index is 13.2. The van der Waals surface area contributed by atoms with Gasteiger partial charge in [0.1, 0.15) is 0 Å². The minimum Gasteiger partial charge on any atom is -0.385 e. The van der Waals surface area contributed by atoms with Crippen molar-refractivity contribution in [1.29, 1.82) is 0 Å². The summed E-state index contributed by atoms with van der Waals surface area (Å²) in [5, 5.41) is 6.80. The molecule has 0 aromatic heterocycles. The number of fused-ring (bicyclic) bond motifs is 2. The largest absolute Gasteiger partial charge is 0.385 e. The molecule has 0 bridgehead atoms. The molecule has 1 aliphatic heterocycles. The molecule has 1 aliphatic carbocycles. The predicted molar refractivity (Wildman–Crippen MR) is 149 cm³/mol. The summed E-state index contributed by atoms with van der Waals surface area (Å²) in [6.07, 6.45) is 3.61. The summed E-state index contributed by atoms with van der Waals surface area (Å²) in [6, 6.07) is 19.4. The number of rotatable bonds is 6. The summed E-state index contributed by atoms with van der Waals surface area (Å²) in [4.78, 5) is 13.2. The Morgan fingerprint density at radius 3 is 2.56 bits per heavy atom. The molecule has 1 amide bonds. The lowest BCUT2D eigenvalue weighted by molar-refractivity contribution is -0.123. The molecular weight excluding hydrogens is 442 g/mol. The second kappa shape index (κ2) is 10.1. The Morgan fingerprint density at radius 2 is 1.81 bits per heavy atom. The molecule has 36 heavy (non-hydrogen) atoms. The van der Waals surface area contributed by atoms with E-state index in [4.69, 9.17) is 5.73 Å². The van der Waals surface area contributed by atoms with Gasteiger partial charge in [-0.05, 0) is 103 Å². The zero-order chi connectivity index (χ0) is 25.4. The van der Waals surface area contributed by atoms with Crippen molar-refractivity contribution in [3.63, 3.8) is 0 Å². The minimum absolute atomic E-state index is 0.0156. The molecule has 5 rings (SSSR count). The number of benzene rings is 3. The number of hydrogen-bond acceptors (Lipinski definition) is 3. The first kappa shape index (κ1) is 24.6. The molecule has 188 valence electrons. The Morgan fingerprint density at radius 1 is 1.06 bits per heavy atom. The van der Waals surface area contributed by atoms with E-state index in [1.807, 2.05) is 0 Å². The number of hydrogen-bond donors (Lipinski definition) is 3. The topological polar surface area (TPSA) is 67.2 Å². The van der Waals surface area contributed by atoms with Gasteiger partial charge in [-0.1, -0.05) is 61.0 Å². The fraction of sp³-hybridized carbons (Fsp3) is 0.406. The van der Waals surface area contributed by atoms with Crippen LogP contribution < -0.4 is 16.4 Å². The van der Waals surface area contributed by atoms with Gasteiger partial charge in [-0.25, -0.2) is 0 Å². The molecule has 2 aliphatic rings. The zero-order valence-corrected chi connectivity index (χ0v) is 22.0. The van der Waals surface area contributed by atoms with Crippen LogP contribution in [0, 0.1) is 26.7 Å². The predicted octanol–water partition coefficient (Wildman–Crippen LogP) is 5.67. The summed E-state index contributed by atoms with van der Waals surface area (Å²) >= 11 is 0. The van der Waals surface area contributed by atoms with Crippen LogP contribution in [0.4, 0.5) is 5.69 Å². The molecule has 0 fully saturated rings. The van der Waals surface area contributed by atoms with Crippen molar-refractivity contribution in [2.24, 2.45) is 11.7 Å². The van der Waals surface area contributed by atoms with Gasteiger partial charge < -0.3 is 16.4 Å². The summed E-state index contributed by atoms with van der Waals surface area (Å²) in [6.45, 7) is 9.52. The number of amides is 1. The van der Waals surface area contributed by atoms with Crippen molar-refractivity contribution in [2.75, 3.05) is 11.9 Å². The zero-order valence-electron chi connectivity index (χ0n) is 22.0. The minimum atomic E-state index is -0.565. The average molecular weight is 482 g/mol. The van der Waals surface area contributed by atoms with Crippen molar-refractivity contribution in [3.05, 3.63) is 99.1 Å². The van der Waals surface area contributed by atoms with Crippen molar-refractivity contribution in [1.82, 2.24) is 5.32 Å². The third-order valence-corrected chi connectivity index (χ3v) is 8.39. The average Bonchev–Trinajstić information content (AvgIpc) is 3.16. The number of nitrogens with two attached hydrogens (primary N) is 1. The first-order valence-electron chi connectivity index (χ1n) is 13.4. The van der Waals surface area contributed by atoms with Crippen LogP contribution in [0.5, 0.6) is 0 Å². The highest BCUT2D eigenvalue weighted by Crippen LogP contribution is 2.40. The quantitative estimate of drug-likeness (QED) is 0.425. The molecule has 4 heteroatoms. The van der Waals surface area contributed by atoms with Crippen LogP contribution in [0.3, 0.4) is 0 Å². The molecule has 4 unspecified atom stereocenters. The van der Waals surface area contributed by atoms with Crippen LogP contribution in [0.15, 0.2) is 54.6 Å². The van der Waals surface area contributed by atoms with Gasteiger partial charge in [-0.3, -0.25) is 4.79 Å². The molecule has 0 spiro atoms. The van der Waals surface area contributed by atoms with Crippen LogP contribution in [-0.2, 0) is 24.1 Å². The number of carbonyl (C=O) groups excluding carboxylic acids is 1. The van der Waals surface area contributed by atoms with Crippen molar-refractivity contribution >= 4 is 11.6 Å². The fourth-order valence-corrected chi connectivity index (χ4v) is 6.40. The number of anilines is 1. The van der Waals surface area contributed by atoms with E-state index in [1.165, 1.54) is 44.5 Å². The van der Waals surface area contributed by atoms with Crippen molar-refractivity contribution in [2.45, 2.75) is 71.4 Å². The fourth-order valence-electron chi connectivity index (χ4n) is 6.40. The maximum Gasteiger partial charge on any atom is 0.237 e. The van der Waals surface area contributed by atoms with Gasteiger partial charge in [0.25, 0.3) is 0 Å². The molecule has 0 saturated carbocycles. The summed E-state index contributed by atoms with van der Waals surface area (Å²) in [5.41, 5.74) is 17.9. The van der Waals surface area contributed by atoms with E-state index in [0.717, 1.165) is 31.5 Å².